The fraction of sp³-hybridized carbons (Fsp3) is 0.370. The number of amides is 2. The predicted molar refractivity (Wildman–Crippen MR) is 136 cm³/mol. The Balaban J connectivity index is 1.57. The first-order valence-corrected chi connectivity index (χ1v) is 12.0. The van der Waals surface area contributed by atoms with Gasteiger partial charge in [-0.3, -0.25) is 10.2 Å². The Hall–Kier alpha value is -3.81. The molecule has 1 fully saturated rings. The van der Waals surface area contributed by atoms with E-state index in [4.69, 9.17) is 4.74 Å². The van der Waals surface area contributed by atoms with Crippen LogP contribution >= 0.6 is 0 Å². The van der Waals surface area contributed by atoms with Gasteiger partial charge in [0.1, 0.15) is 5.82 Å². The molecule has 2 unspecified atom stereocenters. The van der Waals surface area contributed by atoms with Crippen LogP contribution in [-0.2, 0) is 10.2 Å². The molecule has 1 saturated heterocycles. The van der Waals surface area contributed by atoms with Gasteiger partial charge in [-0.25, -0.2) is 18.3 Å². The number of para-hydroxylation sites is 1. The number of carbonyl (C=O) groups is 1. The summed E-state index contributed by atoms with van der Waals surface area (Å²) in [6.45, 7) is 5.75. The second kappa shape index (κ2) is 11.1. The number of nitriles is 1. The highest BCUT2D eigenvalue weighted by molar-refractivity contribution is 5.89. The van der Waals surface area contributed by atoms with Gasteiger partial charge in [0.05, 0.1) is 35.5 Å². The van der Waals surface area contributed by atoms with Gasteiger partial charge < -0.3 is 10.1 Å². The van der Waals surface area contributed by atoms with Crippen LogP contribution in [-0.4, -0.2) is 60.1 Å². The number of rotatable bonds is 8. The molecule has 0 radical (unpaired) electrons. The highest BCUT2D eigenvalue weighted by atomic mass is 19.2. The van der Waals surface area contributed by atoms with E-state index in [9.17, 15) is 18.8 Å². The number of urea groups is 1. The van der Waals surface area contributed by atoms with Crippen molar-refractivity contribution >= 4 is 11.8 Å². The summed E-state index contributed by atoms with van der Waals surface area (Å²) in [5.41, 5.74) is 0.985. The number of aromatic nitrogens is 2. The summed E-state index contributed by atoms with van der Waals surface area (Å²) in [4.78, 5) is 15.3. The summed E-state index contributed by atoms with van der Waals surface area (Å²) in [5.74, 6) is -1.67. The molecule has 1 aliphatic heterocycles. The molecule has 37 heavy (non-hydrogen) atoms. The van der Waals surface area contributed by atoms with Gasteiger partial charge in [0.2, 0.25) is 0 Å². The van der Waals surface area contributed by atoms with Crippen LogP contribution in [0, 0.1) is 23.0 Å². The van der Waals surface area contributed by atoms with E-state index in [1.165, 1.54) is 6.07 Å². The SMILES string of the molecule is COCCN1CC(NC(=O)Nc2cc(C(C)(C)C#N)nn2-c2ccccc2)C(c2ccc(F)c(F)c2)C1. The Kier molecular flexibility index (Phi) is 7.86. The van der Waals surface area contributed by atoms with Crippen molar-refractivity contribution in [2.45, 2.75) is 31.2 Å². The van der Waals surface area contributed by atoms with E-state index in [0.29, 0.717) is 43.3 Å². The molecule has 8 nitrogen and oxygen atoms in total. The predicted octanol–water partition coefficient (Wildman–Crippen LogP) is 4.19. The maximum Gasteiger partial charge on any atom is 0.320 e. The van der Waals surface area contributed by atoms with E-state index in [0.717, 1.165) is 11.8 Å². The van der Waals surface area contributed by atoms with Crippen LogP contribution in [0.15, 0.2) is 54.6 Å². The van der Waals surface area contributed by atoms with Gasteiger partial charge in [0.25, 0.3) is 0 Å². The Bertz CT molecular complexity index is 1290. The van der Waals surface area contributed by atoms with Gasteiger partial charge in [0.15, 0.2) is 11.6 Å². The first-order valence-electron chi connectivity index (χ1n) is 12.0. The Morgan fingerprint density at radius 2 is 1.92 bits per heavy atom. The minimum Gasteiger partial charge on any atom is -0.383 e. The maximum atomic E-state index is 14.0. The molecule has 1 aliphatic rings. The topological polar surface area (TPSA) is 95.2 Å². The fourth-order valence-electron chi connectivity index (χ4n) is 4.43. The number of halogens is 2. The van der Waals surface area contributed by atoms with Crippen LogP contribution in [0.25, 0.3) is 5.69 Å². The Labute approximate surface area is 214 Å². The normalized spacial score (nSPS) is 17.9. The monoisotopic (exact) mass is 508 g/mol. The highest BCUT2D eigenvalue weighted by Crippen LogP contribution is 2.30. The van der Waals surface area contributed by atoms with Crippen LogP contribution in [0.2, 0.25) is 0 Å². The number of likely N-dealkylation sites (tertiary alicyclic amines) is 1. The van der Waals surface area contributed by atoms with Crippen LogP contribution in [0.4, 0.5) is 19.4 Å². The highest BCUT2D eigenvalue weighted by Gasteiger charge is 2.35. The van der Waals surface area contributed by atoms with Crippen molar-refractivity contribution in [2.24, 2.45) is 0 Å². The first-order chi connectivity index (χ1) is 17.7. The molecule has 2 atom stereocenters. The van der Waals surface area contributed by atoms with E-state index in [2.05, 4.69) is 26.7 Å². The molecule has 2 N–H and O–H groups in total. The summed E-state index contributed by atoms with van der Waals surface area (Å²) in [7, 11) is 1.61. The Morgan fingerprint density at radius 3 is 2.59 bits per heavy atom. The average molecular weight is 509 g/mol. The number of benzene rings is 2. The van der Waals surface area contributed by atoms with Crippen molar-refractivity contribution in [2.75, 3.05) is 38.7 Å². The number of nitrogens with one attached hydrogen (secondary N) is 2. The van der Waals surface area contributed by atoms with Gasteiger partial charge in [-0.05, 0) is 43.7 Å². The molecule has 0 bridgehead atoms. The molecule has 194 valence electrons. The number of anilines is 1. The second-order valence-corrected chi connectivity index (χ2v) is 9.64. The van der Waals surface area contributed by atoms with Gasteiger partial charge in [-0.1, -0.05) is 24.3 Å². The third kappa shape index (κ3) is 5.96. The number of carbonyl (C=O) groups excluding carboxylic acids is 1. The van der Waals surface area contributed by atoms with Gasteiger partial charge >= 0.3 is 6.03 Å². The zero-order chi connectivity index (χ0) is 26.6. The number of hydrogen-bond donors (Lipinski definition) is 2. The van der Waals surface area contributed by atoms with Crippen molar-refractivity contribution in [3.05, 3.63) is 77.5 Å². The molecule has 2 aromatic carbocycles. The van der Waals surface area contributed by atoms with Crippen molar-refractivity contribution in [3.8, 4) is 11.8 Å². The third-order valence-corrected chi connectivity index (χ3v) is 6.57. The zero-order valence-corrected chi connectivity index (χ0v) is 21.0. The molecule has 3 aromatic rings. The second-order valence-electron chi connectivity index (χ2n) is 9.64. The molecule has 0 aliphatic carbocycles. The number of methoxy groups -OCH3 is 1. The van der Waals surface area contributed by atoms with E-state index in [-0.39, 0.29) is 12.0 Å². The molecule has 10 heteroatoms. The minimum atomic E-state index is -0.921. The summed E-state index contributed by atoms with van der Waals surface area (Å²) < 4.78 is 34.3. The number of hydrogen-bond acceptors (Lipinski definition) is 5. The molecule has 0 saturated carbocycles. The third-order valence-electron chi connectivity index (χ3n) is 6.57. The molecular weight excluding hydrogens is 478 g/mol. The van der Waals surface area contributed by atoms with Crippen molar-refractivity contribution in [1.29, 1.82) is 5.26 Å². The zero-order valence-electron chi connectivity index (χ0n) is 21.0. The van der Waals surface area contributed by atoms with Crippen molar-refractivity contribution in [1.82, 2.24) is 20.0 Å². The smallest absolute Gasteiger partial charge is 0.320 e. The molecule has 0 spiro atoms. The maximum absolute atomic E-state index is 14.0. The van der Waals surface area contributed by atoms with Crippen LogP contribution in [0.3, 0.4) is 0 Å². The quantitative estimate of drug-likeness (QED) is 0.476. The number of ether oxygens (including phenoxy) is 1. The van der Waals surface area contributed by atoms with Crippen LogP contribution in [0.5, 0.6) is 0 Å². The van der Waals surface area contributed by atoms with E-state index in [1.807, 2.05) is 30.3 Å². The number of nitrogens with zero attached hydrogens (tertiary/aromatic N) is 4. The summed E-state index contributed by atoms with van der Waals surface area (Å²) in [6, 6.07) is 16.2. The summed E-state index contributed by atoms with van der Waals surface area (Å²) in [6.07, 6.45) is 0. The van der Waals surface area contributed by atoms with Crippen molar-refractivity contribution in [3.63, 3.8) is 0 Å². The molecule has 2 amide bonds. The standard InChI is InChI=1S/C27H30F2N6O2/c1-27(2,17-30)24-14-25(35(33-24)19-7-5-4-6-8-19)32-26(36)31-23-16-34(11-12-37-3)15-20(23)18-9-10-21(28)22(29)13-18/h4-10,13-14,20,23H,11-12,15-16H2,1-3H3,(H2,31,32,36). The summed E-state index contributed by atoms with van der Waals surface area (Å²) >= 11 is 0. The van der Waals surface area contributed by atoms with Crippen molar-refractivity contribution < 1.29 is 18.3 Å². The van der Waals surface area contributed by atoms with E-state index in [1.54, 1.807) is 37.8 Å². The van der Waals surface area contributed by atoms with Gasteiger partial charge in [-0.2, -0.15) is 10.4 Å². The van der Waals surface area contributed by atoms with E-state index >= 15 is 0 Å². The van der Waals surface area contributed by atoms with Crippen LogP contribution in [0.1, 0.15) is 31.0 Å². The largest absolute Gasteiger partial charge is 0.383 e. The van der Waals surface area contributed by atoms with Gasteiger partial charge in [-0.15, -0.1) is 0 Å². The average Bonchev–Trinajstić information content (AvgIpc) is 3.49. The minimum absolute atomic E-state index is 0.246. The summed E-state index contributed by atoms with van der Waals surface area (Å²) in [5, 5.41) is 20.0. The molecule has 1 aromatic heterocycles. The van der Waals surface area contributed by atoms with Crippen LogP contribution < -0.4 is 10.6 Å². The van der Waals surface area contributed by atoms with Gasteiger partial charge in [0, 0.05) is 38.7 Å². The molecular formula is C27H30F2N6O2. The fourth-order valence-corrected chi connectivity index (χ4v) is 4.43. The Morgan fingerprint density at radius 1 is 1.16 bits per heavy atom. The lowest BCUT2D eigenvalue weighted by Gasteiger charge is -2.21. The first kappa shape index (κ1) is 26.3. The molecule has 2 heterocycles. The molecule has 4 rings (SSSR count). The lowest BCUT2D eigenvalue weighted by molar-refractivity contribution is 0.159. The lowest BCUT2D eigenvalue weighted by Crippen LogP contribution is -2.42. The lowest BCUT2D eigenvalue weighted by atomic mass is 9.92. The van der Waals surface area contributed by atoms with E-state index < -0.39 is 23.1 Å².